The molecule has 1 aromatic rings. The second-order valence-electron chi connectivity index (χ2n) is 5.17. The molecule has 1 heterocycles. The molecule has 1 aromatic carbocycles. The predicted molar refractivity (Wildman–Crippen MR) is 74.7 cm³/mol. The van der Waals surface area contributed by atoms with E-state index in [1.165, 1.54) is 6.92 Å². The summed E-state index contributed by atoms with van der Waals surface area (Å²) >= 11 is 0. The van der Waals surface area contributed by atoms with Crippen molar-refractivity contribution in [2.24, 2.45) is 5.92 Å². The Kier molecular flexibility index (Phi) is 4.45. The first-order chi connectivity index (χ1) is 9.38. The van der Waals surface area contributed by atoms with Gasteiger partial charge in [0, 0.05) is 25.9 Å². The monoisotopic (exact) mass is 297 g/mol. The van der Waals surface area contributed by atoms with E-state index < -0.39 is 10.1 Å². The van der Waals surface area contributed by atoms with Gasteiger partial charge in [-0.05, 0) is 25.5 Å². The maximum Gasteiger partial charge on any atom is 0.296 e. The van der Waals surface area contributed by atoms with Crippen molar-refractivity contribution in [1.29, 1.82) is 0 Å². The molecule has 110 valence electrons. The third kappa shape index (κ3) is 3.58. The fraction of sp³-hybridized carbons (Fsp3) is 0.500. The number of benzene rings is 1. The molecule has 0 spiro atoms. The molecule has 1 aliphatic heterocycles. The Balaban J connectivity index is 1.93. The Morgan fingerprint density at radius 2 is 2.00 bits per heavy atom. The number of carbonyl (C=O) groups excluding carboxylic acids is 1. The van der Waals surface area contributed by atoms with E-state index in [4.69, 9.17) is 4.18 Å². The lowest BCUT2D eigenvalue weighted by Gasteiger charge is -2.14. The van der Waals surface area contributed by atoms with E-state index >= 15 is 0 Å². The van der Waals surface area contributed by atoms with Crippen LogP contribution in [-0.4, -0.2) is 38.9 Å². The van der Waals surface area contributed by atoms with Gasteiger partial charge in [0.1, 0.15) is 0 Å². The van der Waals surface area contributed by atoms with Crippen LogP contribution in [0.15, 0.2) is 29.2 Å². The number of amides is 1. The van der Waals surface area contributed by atoms with Gasteiger partial charge in [-0.3, -0.25) is 8.98 Å². The Morgan fingerprint density at radius 3 is 2.55 bits per heavy atom. The van der Waals surface area contributed by atoms with Gasteiger partial charge in [0.05, 0.1) is 11.5 Å². The highest BCUT2D eigenvalue weighted by Gasteiger charge is 2.26. The van der Waals surface area contributed by atoms with Crippen LogP contribution < -0.4 is 0 Å². The van der Waals surface area contributed by atoms with Gasteiger partial charge < -0.3 is 4.90 Å². The first kappa shape index (κ1) is 15.0. The number of hydrogen-bond acceptors (Lipinski definition) is 4. The number of carbonyl (C=O) groups is 1. The number of aryl methyl sites for hydroxylation is 1. The second-order valence-corrected chi connectivity index (χ2v) is 6.79. The quantitative estimate of drug-likeness (QED) is 0.791. The first-order valence-corrected chi connectivity index (χ1v) is 8.01. The normalized spacial score (nSPS) is 19.3. The highest BCUT2D eigenvalue weighted by atomic mass is 32.2. The summed E-state index contributed by atoms with van der Waals surface area (Å²) in [4.78, 5) is 13.1. The topological polar surface area (TPSA) is 63.7 Å². The van der Waals surface area contributed by atoms with Gasteiger partial charge in [0.25, 0.3) is 10.1 Å². The highest BCUT2D eigenvalue weighted by Crippen LogP contribution is 2.20. The van der Waals surface area contributed by atoms with Crippen molar-refractivity contribution in [1.82, 2.24) is 4.90 Å². The van der Waals surface area contributed by atoms with Crippen molar-refractivity contribution < 1.29 is 17.4 Å². The van der Waals surface area contributed by atoms with Gasteiger partial charge >= 0.3 is 0 Å². The third-order valence-corrected chi connectivity index (χ3v) is 4.80. The van der Waals surface area contributed by atoms with Crippen molar-refractivity contribution in [3.05, 3.63) is 29.8 Å². The molecule has 0 aromatic heterocycles. The van der Waals surface area contributed by atoms with E-state index in [1.807, 2.05) is 6.92 Å². The minimum absolute atomic E-state index is 0.0221. The van der Waals surface area contributed by atoms with Crippen LogP contribution >= 0.6 is 0 Å². The maximum atomic E-state index is 12.0. The molecule has 0 N–H and O–H groups in total. The summed E-state index contributed by atoms with van der Waals surface area (Å²) in [5, 5.41) is 0. The molecule has 1 saturated heterocycles. The average molecular weight is 297 g/mol. The fourth-order valence-corrected chi connectivity index (χ4v) is 3.19. The predicted octanol–water partition coefficient (Wildman–Crippen LogP) is 1.57. The number of likely N-dealkylation sites (tertiary alicyclic amines) is 1. The molecular formula is C14H19NO4S. The van der Waals surface area contributed by atoms with Crippen LogP contribution in [0.25, 0.3) is 0 Å². The van der Waals surface area contributed by atoms with Crippen molar-refractivity contribution in [2.45, 2.75) is 25.2 Å². The summed E-state index contributed by atoms with van der Waals surface area (Å²) in [5.74, 6) is 0.105. The van der Waals surface area contributed by atoms with Crippen LogP contribution in [0.2, 0.25) is 0 Å². The van der Waals surface area contributed by atoms with Gasteiger partial charge in [0.15, 0.2) is 0 Å². The Bertz CT molecular complexity index is 580. The van der Waals surface area contributed by atoms with E-state index in [9.17, 15) is 13.2 Å². The van der Waals surface area contributed by atoms with Gasteiger partial charge in [-0.15, -0.1) is 0 Å². The van der Waals surface area contributed by atoms with Gasteiger partial charge in [-0.1, -0.05) is 17.7 Å². The highest BCUT2D eigenvalue weighted by molar-refractivity contribution is 7.86. The van der Waals surface area contributed by atoms with Gasteiger partial charge in [-0.25, -0.2) is 0 Å². The van der Waals surface area contributed by atoms with Crippen molar-refractivity contribution in [2.75, 3.05) is 19.7 Å². The summed E-state index contributed by atoms with van der Waals surface area (Å²) in [5.41, 5.74) is 0.997. The Labute approximate surface area is 119 Å². The third-order valence-electron chi connectivity index (χ3n) is 3.50. The van der Waals surface area contributed by atoms with Crippen LogP contribution in [0.4, 0.5) is 0 Å². The zero-order valence-electron chi connectivity index (χ0n) is 11.7. The average Bonchev–Trinajstić information content (AvgIpc) is 2.86. The minimum Gasteiger partial charge on any atom is -0.343 e. The largest absolute Gasteiger partial charge is 0.343 e. The minimum atomic E-state index is -3.71. The Hall–Kier alpha value is -1.40. The number of hydrogen-bond donors (Lipinski definition) is 0. The van der Waals surface area contributed by atoms with Gasteiger partial charge in [-0.2, -0.15) is 8.42 Å². The smallest absolute Gasteiger partial charge is 0.296 e. The first-order valence-electron chi connectivity index (χ1n) is 6.60. The molecule has 1 unspecified atom stereocenters. The van der Waals surface area contributed by atoms with E-state index in [0.717, 1.165) is 12.0 Å². The lowest BCUT2D eigenvalue weighted by Crippen LogP contribution is -2.26. The van der Waals surface area contributed by atoms with Crippen LogP contribution in [0, 0.1) is 12.8 Å². The van der Waals surface area contributed by atoms with Crippen molar-refractivity contribution >= 4 is 16.0 Å². The summed E-state index contributed by atoms with van der Waals surface area (Å²) in [6.45, 7) is 4.78. The van der Waals surface area contributed by atoms with E-state index in [0.29, 0.717) is 13.1 Å². The number of rotatable bonds is 4. The lowest BCUT2D eigenvalue weighted by atomic mass is 10.1. The van der Waals surface area contributed by atoms with E-state index in [2.05, 4.69) is 0 Å². The molecule has 0 bridgehead atoms. The van der Waals surface area contributed by atoms with Crippen molar-refractivity contribution in [3.8, 4) is 0 Å². The Morgan fingerprint density at radius 1 is 1.35 bits per heavy atom. The molecule has 0 aliphatic carbocycles. The molecule has 1 fully saturated rings. The molecule has 1 amide bonds. The molecule has 20 heavy (non-hydrogen) atoms. The zero-order chi connectivity index (χ0) is 14.8. The van der Waals surface area contributed by atoms with Crippen LogP contribution in [0.1, 0.15) is 18.9 Å². The molecule has 1 aliphatic rings. The second kappa shape index (κ2) is 5.93. The van der Waals surface area contributed by atoms with Crippen LogP contribution in [0.3, 0.4) is 0 Å². The van der Waals surface area contributed by atoms with Crippen LogP contribution in [-0.2, 0) is 19.1 Å². The molecule has 1 atom stereocenters. The summed E-state index contributed by atoms with van der Waals surface area (Å²) in [7, 11) is -3.71. The molecule has 6 heteroatoms. The van der Waals surface area contributed by atoms with Gasteiger partial charge in [0.2, 0.25) is 5.91 Å². The standard InChI is InChI=1S/C14H19NO4S/c1-11-3-5-14(6-4-11)20(17,18)19-10-13-7-8-15(9-13)12(2)16/h3-6,13H,7-10H2,1-2H3. The lowest BCUT2D eigenvalue weighted by molar-refractivity contribution is -0.127. The molecule has 2 rings (SSSR count). The molecule has 5 nitrogen and oxygen atoms in total. The molecule has 0 radical (unpaired) electrons. The SMILES string of the molecule is CC(=O)N1CCC(COS(=O)(=O)c2ccc(C)cc2)C1. The summed E-state index contributed by atoms with van der Waals surface area (Å²) in [6.07, 6.45) is 0.781. The fourth-order valence-electron chi connectivity index (χ4n) is 2.21. The van der Waals surface area contributed by atoms with E-state index in [-0.39, 0.29) is 23.3 Å². The summed E-state index contributed by atoms with van der Waals surface area (Å²) in [6, 6.07) is 6.56. The zero-order valence-corrected chi connectivity index (χ0v) is 12.5. The maximum absolute atomic E-state index is 12.0. The molecular weight excluding hydrogens is 278 g/mol. The van der Waals surface area contributed by atoms with Crippen molar-refractivity contribution in [3.63, 3.8) is 0 Å². The van der Waals surface area contributed by atoms with Crippen LogP contribution in [0.5, 0.6) is 0 Å². The summed E-state index contributed by atoms with van der Waals surface area (Å²) < 4.78 is 29.1. The number of nitrogens with zero attached hydrogens (tertiary/aromatic N) is 1. The van der Waals surface area contributed by atoms with E-state index in [1.54, 1.807) is 29.2 Å². The molecule has 0 saturated carbocycles.